The second kappa shape index (κ2) is 63.7. The number of aliphatic hydroxyl groups excluding tert-OH is 1. The molecule has 0 aromatic rings. The maximum atomic E-state index is 13.0. The van der Waals surface area contributed by atoms with Crippen molar-refractivity contribution >= 4 is 13.7 Å². The molecule has 0 aromatic heterocycles. The van der Waals surface area contributed by atoms with Crippen LogP contribution in [0.15, 0.2) is 109 Å². The Morgan fingerprint density at radius 3 is 1.12 bits per heavy atom. The number of rotatable bonds is 63. The van der Waals surface area contributed by atoms with E-state index in [-0.39, 0.29) is 12.5 Å². The number of phosphoric acid groups is 1. The highest BCUT2D eigenvalue weighted by Crippen LogP contribution is 2.38. The first-order valence-electron chi connectivity index (χ1n) is 34.7. The smallest absolute Gasteiger partial charge is 0.268 e. The lowest BCUT2D eigenvalue weighted by Crippen LogP contribution is -2.45. The summed E-state index contributed by atoms with van der Waals surface area (Å²) >= 11 is 0. The molecule has 9 heteroatoms. The third-order valence-electron chi connectivity index (χ3n) is 15.2. The van der Waals surface area contributed by atoms with Crippen LogP contribution in [-0.2, 0) is 18.4 Å². The van der Waals surface area contributed by atoms with Crippen molar-refractivity contribution < 1.29 is 32.9 Å². The summed E-state index contributed by atoms with van der Waals surface area (Å²) in [5.41, 5.74) is 0. The molecule has 1 amide bonds. The molecule has 0 saturated carbocycles. The Bertz CT molecular complexity index is 1720. The molecule has 0 saturated heterocycles. The molecular weight excluding hydrogens is 1040 g/mol. The number of amides is 1. The second-order valence-electron chi connectivity index (χ2n) is 24.5. The Balaban J connectivity index is 4.13. The van der Waals surface area contributed by atoms with Crippen molar-refractivity contribution in [2.24, 2.45) is 0 Å². The number of nitrogens with zero attached hydrogens (tertiary/aromatic N) is 1. The Kier molecular flexibility index (Phi) is 61.5. The fraction of sp³-hybridized carbons (Fsp3) is 0.743. The zero-order valence-electron chi connectivity index (χ0n) is 54.9. The van der Waals surface area contributed by atoms with Crippen LogP contribution < -0.4 is 10.2 Å². The van der Waals surface area contributed by atoms with Crippen LogP contribution in [0.25, 0.3) is 0 Å². The molecule has 0 rings (SSSR count). The third-order valence-corrected chi connectivity index (χ3v) is 16.2. The molecule has 0 aliphatic rings. The molecule has 2 N–H and O–H groups in total. The Morgan fingerprint density at radius 1 is 0.434 bits per heavy atom. The summed E-state index contributed by atoms with van der Waals surface area (Å²) in [5.74, 6) is -0.209. The Morgan fingerprint density at radius 2 is 0.747 bits per heavy atom. The highest BCUT2D eigenvalue weighted by atomic mass is 31.2. The van der Waals surface area contributed by atoms with E-state index >= 15 is 0 Å². The van der Waals surface area contributed by atoms with Crippen LogP contribution in [0.5, 0.6) is 0 Å². The van der Waals surface area contributed by atoms with Crippen LogP contribution in [0, 0.1) is 0 Å². The van der Waals surface area contributed by atoms with Crippen LogP contribution in [-0.4, -0.2) is 68.5 Å². The summed E-state index contributed by atoms with van der Waals surface area (Å²) in [7, 11) is 1.24. The summed E-state index contributed by atoms with van der Waals surface area (Å²) in [6.07, 6.45) is 93.5. The van der Waals surface area contributed by atoms with Crippen LogP contribution in [0.2, 0.25) is 0 Å². The molecule has 3 atom stereocenters. The van der Waals surface area contributed by atoms with Gasteiger partial charge in [0, 0.05) is 6.42 Å². The van der Waals surface area contributed by atoms with Crippen molar-refractivity contribution in [3.63, 3.8) is 0 Å². The van der Waals surface area contributed by atoms with Gasteiger partial charge in [-0.3, -0.25) is 9.36 Å². The van der Waals surface area contributed by atoms with Gasteiger partial charge in [-0.15, -0.1) is 0 Å². The molecule has 83 heavy (non-hydrogen) atoms. The van der Waals surface area contributed by atoms with Crippen LogP contribution in [0.1, 0.15) is 303 Å². The lowest BCUT2D eigenvalue weighted by Gasteiger charge is -2.29. The van der Waals surface area contributed by atoms with E-state index in [1.807, 2.05) is 27.2 Å². The van der Waals surface area contributed by atoms with Gasteiger partial charge in [-0.2, -0.15) is 0 Å². The number of carbonyl (C=O) groups excluding carboxylic acids is 1. The van der Waals surface area contributed by atoms with Gasteiger partial charge in [-0.1, -0.05) is 316 Å². The molecule has 3 unspecified atom stereocenters. The minimum atomic E-state index is -4.62. The standard InChI is InChI=1S/C74H133N2O6P/c1-6-8-10-12-14-16-18-20-22-24-26-28-30-32-34-35-36-37-38-39-40-41-42-44-46-48-50-52-54-56-58-60-62-64-66-68-74(78)75-72(71-82-83(79,80)81-70-69-76(3,4)5)73(77)67-65-63-61-59-57-55-53-51-49-47-45-43-33-31-29-27-25-23-21-19-17-15-13-11-9-7-2/h8,10,14,16,20,22,26,28,32,34,36-37,39-40,57,59,65,67,72-73,77H,6-7,9,11-13,15,17-19,21,23-25,27,29-31,33,35,38,41-56,58,60-64,66,68-71H2,1-5H3,(H-,75,78,79,80)/b10-8-,16-14-,22-20-,28-26-,34-32-,37-36-,40-39-,59-57+,67-65+. The van der Waals surface area contributed by atoms with E-state index in [4.69, 9.17) is 9.05 Å². The normalized spacial score (nSPS) is 14.3. The fourth-order valence-corrected chi connectivity index (χ4v) is 10.6. The first-order chi connectivity index (χ1) is 40.5. The predicted molar refractivity (Wildman–Crippen MR) is 362 cm³/mol. The summed E-state index contributed by atoms with van der Waals surface area (Å²) in [6, 6.07) is -0.912. The number of allylic oxidation sites excluding steroid dienone is 17. The van der Waals surface area contributed by atoms with Gasteiger partial charge in [0.15, 0.2) is 0 Å². The molecule has 0 spiro atoms. The van der Waals surface area contributed by atoms with Gasteiger partial charge in [-0.25, -0.2) is 0 Å². The summed E-state index contributed by atoms with van der Waals surface area (Å²) in [4.78, 5) is 25.6. The number of hydrogen-bond donors (Lipinski definition) is 2. The van der Waals surface area contributed by atoms with Crippen molar-refractivity contribution in [1.29, 1.82) is 0 Å². The first kappa shape index (κ1) is 80.2. The molecule has 0 radical (unpaired) electrons. The zero-order valence-corrected chi connectivity index (χ0v) is 55.8. The summed E-state index contributed by atoms with van der Waals surface area (Å²) < 4.78 is 23.4. The van der Waals surface area contributed by atoms with Crippen LogP contribution in [0.4, 0.5) is 0 Å². The van der Waals surface area contributed by atoms with Gasteiger partial charge in [0.2, 0.25) is 5.91 Å². The van der Waals surface area contributed by atoms with Crippen molar-refractivity contribution in [1.82, 2.24) is 5.32 Å². The van der Waals surface area contributed by atoms with E-state index in [9.17, 15) is 19.4 Å². The third kappa shape index (κ3) is 66.5. The van der Waals surface area contributed by atoms with Gasteiger partial charge < -0.3 is 28.8 Å². The molecule has 0 aliphatic heterocycles. The van der Waals surface area contributed by atoms with Crippen molar-refractivity contribution in [2.45, 2.75) is 315 Å². The summed E-state index contributed by atoms with van der Waals surface area (Å²) in [6.45, 7) is 4.54. The molecule has 0 aromatic carbocycles. The lowest BCUT2D eigenvalue weighted by atomic mass is 10.0. The second-order valence-corrected chi connectivity index (χ2v) is 25.9. The van der Waals surface area contributed by atoms with Crippen molar-refractivity contribution in [2.75, 3.05) is 40.9 Å². The number of aliphatic hydroxyl groups is 1. The molecule has 0 bridgehead atoms. The average molecular weight is 1180 g/mol. The SMILES string of the molecule is CC/C=C\C/C=C\C/C=C\C/C=C\C/C=C\C/C=C\C/C=C\CCCCCCCCCCCCCCCC(=O)NC(COP(=O)([O-])OCC[N+](C)(C)C)C(O)/C=C/CC/C=C/CCCCCCCCCCCCCCCCCCCCCC. The van der Waals surface area contributed by atoms with E-state index in [0.29, 0.717) is 17.4 Å². The molecule has 0 fully saturated rings. The first-order valence-corrected chi connectivity index (χ1v) is 36.2. The van der Waals surface area contributed by atoms with Gasteiger partial charge in [0.1, 0.15) is 13.2 Å². The van der Waals surface area contributed by atoms with Crippen molar-refractivity contribution in [3.8, 4) is 0 Å². The van der Waals surface area contributed by atoms with Gasteiger partial charge >= 0.3 is 0 Å². The van der Waals surface area contributed by atoms with E-state index in [1.165, 1.54) is 199 Å². The Labute approximate surface area is 514 Å². The average Bonchev–Trinajstić information content (AvgIpc) is 3.49. The topological polar surface area (TPSA) is 108 Å². The number of phosphoric ester groups is 1. The fourth-order valence-electron chi connectivity index (χ4n) is 9.86. The number of likely N-dealkylation sites (N-methyl/N-ethyl adjacent to an activating group) is 1. The lowest BCUT2D eigenvalue weighted by molar-refractivity contribution is -0.870. The molecule has 8 nitrogen and oxygen atoms in total. The van der Waals surface area contributed by atoms with Gasteiger partial charge in [-0.05, 0) is 89.9 Å². The number of unbranched alkanes of at least 4 members (excludes halogenated alkanes) is 34. The highest BCUT2D eigenvalue weighted by molar-refractivity contribution is 7.45. The maximum Gasteiger partial charge on any atom is 0.268 e. The molecule has 0 aliphatic carbocycles. The monoisotopic (exact) mass is 1180 g/mol. The quantitative estimate of drug-likeness (QED) is 0.0272. The molecular formula is C74H133N2O6P. The van der Waals surface area contributed by atoms with E-state index in [0.717, 1.165) is 83.5 Å². The largest absolute Gasteiger partial charge is 0.756 e. The molecule has 480 valence electrons. The summed E-state index contributed by atoms with van der Waals surface area (Å²) in [5, 5.41) is 13.9. The number of nitrogens with one attached hydrogen (secondary N) is 1. The zero-order chi connectivity index (χ0) is 60.5. The molecule has 0 heterocycles. The Hall–Kier alpha value is -2.84. The van der Waals surface area contributed by atoms with Gasteiger partial charge in [0.05, 0.1) is 39.9 Å². The minimum Gasteiger partial charge on any atom is -0.756 e. The van der Waals surface area contributed by atoms with E-state index in [2.05, 4.69) is 116 Å². The number of carbonyl (C=O) groups is 1. The predicted octanol–water partition coefficient (Wildman–Crippen LogP) is 21.6. The van der Waals surface area contributed by atoms with Crippen molar-refractivity contribution in [3.05, 3.63) is 109 Å². The number of quaternary nitrogens is 1. The van der Waals surface area contributed by atoms with E-state index in [1.54, 1.807) is 6.08 Å². The minimum absolute atomic E-state index is 0.0103. The van der Waals surface area contributed by atoms with E-state index < -0.39 is 26.6 Å². The maximum absolute atomic E-state index is 13.0. The number of hydrogen-bond acceptors (Lipinski definition) is 6. The highest BCUT2D eigenvalue weighted by Gasteiger charge is 2.23. The van der Waals surface area contributed by atoms with Crippen LogP contribution >= 0.6 is 7.82 Å². The van der Waals surface area contributed by atoms with Gasteiger partial charge in [0.25, 0.3) is 7.82 Å². The van der Waals surface area contributed by atoms with Crippen LogP contribution in [0.3, 0.4) is 0 Å².